The van der Waals surface area contributed by atoms with E-state index in [9.17, 15) is 0 Å². The lowest BCUT2D eigenvalue weighted by atomic mass is 9.85. The molecule has 0 amide bonds. The van der Waals surface area contributed by atoms with Crippen molar-refractivity contribution in [2.75, 3.05) is 13.1 Å². The summed E-state index contributed by atoms with van der Waals surface area (Å²) in [7, 11) is 0. The standard InChI is InChI=1S/C18H32N2O/c1-4-20(13-17-8-6-12-21-17)18(14-19)10-5-7-16(9-11-18)15(2)3/h6,8,12,15-16H,4-5,7,9-11,13-14,19H2,1-3H3. The Morgan fingerprint density at radius 1 is 1.38 bits per heavy atom. The van der Waals surface area contributed by atoms with Gasteiger partial charge in [0.15, 0.2) is 0 Å². The summed E-state index contributed by atoms with van der Waals surface area (Å²) in [5.41, 5.74) is 6.42. The third-order valence-corrected chi connectivity index (χ3v) is 5.50. The van der Waals surface area contributed by atoms with Crippen LogP contribution >= 0.6 is 0 Å². The second-order valence-corrected chi connectivity index (χ2v) is 6.96. The molecule has 1 aromatic rings. The molecule has 1 aliphatic carbocycles. The topological polar surface area (TPSA) is 42.4 Å². The van der Waals surface area contributed by atoms with E-state index in [1.165, 1.54) is 32.1 Å². The van der Waals surface area contributed by atoms with Crippen molar-refractivity contribution in [2.45, 2.75) is 65.0 Å². The number of furan rings is 1. The minimum Gasteiger partial charge on any atom is -0.468 e. The van der Waals surface area contributed by atoms with Gasteiger partial charge in [-0.3, -0.25) is 4.90 Å². The fourth-order valence-corrected chi connectivity index (χ4v) is 3.94. The predicted octanol–water partition coefficient (Wildman–Crippen LogP) is 4.04. The number of rotatable bonds is 6. The third kappa shape index (κ3) is 3.89. The molecule has 2 N–H and O–H groups in total. The van der Waals surface area contributed by atoms with E-state index in [0.717, 1.165) is 37.2 Å². The predicted molar refractivity (Wildman–Crippen MR) is 88.0 cm³/mol. The number of likely N-dealkylation sites (N-methyl/N-ethyl adjacent to an activating group) is 1. The molecule has 0 aliphatic heterocycles. The zero-order chi connectivity index (χ0) is 15.3. The number of nitrogens with two attached hydrogens (primary N) is 1. The van der Waals surface area contributed by atoms with Crippen LogP contribution in [0.4, 0.5) is 0 Å². The summed E-state index contributed by atoms with van der Waals surface area (Å²) in [5.74, 6) is 2.70. The van der Waals surface area contributed by atoms with E-state index in [4.69, 9.17) is 10.2 Å². The van der Waals surface area contributed by atoms with Gasteiger partial charge in [-0.15, -0.1) is 0 Å². The quantitative estimate of drug-likeness (QED) is 0.805. The van der Waals surface area contributed by atoms with Gasteiger partial charge in [0.1, 0.15) is 5.76 Å². The van der Waals surface area contributed by atoms with Crippen LogP contribution in [0.2, 0.25) is 0 Å². The molecule has 1 aromatic heterocycles. The first-order chi connectivity index (χ1) is 10.1. The van der Waals surface area contributed by atoms with Crippen LogP contribution in [0, 0.1) is 11.8 Å². The lowest BCUT2D eigenvalue weighted by Crippen LogP contribution is -2.53. The van der Waals surface area contributed by atoms with Gasteiger partial charge in [-0.05, 0) is 49.8 Å². The Kier molecular flexibility index (Phi) is 5.88. The zero-order valence-corrected chi connectivity index (χ0v) is 14.0. The molecule has 2 unspecified atom stereocenters. The summed E-state index contributed by atoms with van der Waals surface area (Å²) in [5, 5.41) is 0. The molecule has 0 bridgehead atoms. The van der Waals surface area contributed by atoms with Crippen molar-refractivity contribution in [3.8, 4) is 0 Å². The van der Waals surface area contributed by atoms with Crippen LogP contribution in [0.1, 0.15) is 58.6 Å². The van der Waals surface area contributed by atoms with Crippen LogP contribution in [0.25, 0.3) is 0 Å². The van der Waals surface area contributed by atoms with Crippen LogP contribution in [0.3, 0.4) is 0 Å². The smallest absolute Gasteiger partial charge is 0.117 e. The van der Waals surface area contributed by atoms with Crippen molar-refractivity contribution in [3.63, 3.8) is 0 Å². The molecule has 2 atom stereocenters. The molecule has 120 valence electrons. The number of hydrogen-bond donors (Lipinski definition) is 1. The van der Waals surface area contributed by atoms with Gasteiger partial charge >= 0.3 is 0 Å². The molecule has 1 aliphatic rings. The van der Waals surface area contributed by atoms with Crippen molar-refractivity contribution in [3.05, 3.63) is 24.2 Å². The third-order valence-electron chi connectivity index (χ3n) is 5.50. The maximum Gasteiger partial charge on any atom is 0.117 e. The van der Waals surface area contributed by atoms with Crippen LogP contribution in [0.15, 0.2) is 22.8 Å². The molecule has 1 fully saturated rings. The van der Waals surface area contributed by atoms with E-state index in [-0.39, 0.29) is 5.54 Å². The Labute approximate surface area is 129 Å². The fourth-order valence-electron chi connectivity index (χ4n) is 3.94. The van der Waals surface area contributed by atoms with E-state index in [2.05, 4.69) is 31.7 Å². The minimum absolute atomic E-state index is 0.158. The monoisotopic (exact) mass is 292 g/mol. The van der Waals surface area contributed by atoms with Gasteiger partial charge in [-0.2, -0.15) is 0 Å². The highest BCUT2D eigenvalue weighted by Gasteiger charge is 2.37. The van der Waals surface area contributed by atoms with Crippen molar-refractivity contribution >= 4 is 0 Å². The maximum absolute atomic E-state index is 6.26. The van der Waals surface area contributed by atoms with Crippen molar-refractivity contribution in [2.24, 2.45) is 17.6 Å². The number of nitrogens with zero attached hydrogens (tertiary/aromatic N) is 1. The van der Waals surface area contributed by atoms with Crippen molar-refractivity contribution in [1.29, 1.82) is 0 Å². The van der Waals surface area contributed by atoms with Gasteiger partial charge in [0, 0.05) is 12.1 Å². The molecule has 0 saturated heterocycles. The summed E-state index contributed by atoms with van der Waals surface area (Å²) in [4.78, 5) is 2.55. The van der Waals surface area contributed by atoms with E-state index >= 15 is 0 Å². The SMILES string of the molecule is CCN(Cc1ccco1)C1(CN)CCCC(C(C)C)CC1. The molecule has 0 aromatic carbocycles. The Bertz CT molecular complexity index is 401. The highest BCUT2D eigenvalue weighted by Crippen LogP contribution is 2.37. The van der Waals surface area contributed by atoms with Crippen molar-refractivity contribution < 1.29 is 4.42 Å². The van der Waals surface area contributed by atoms with E-state index in [1.54, 1.807) is 6.26 Å². The van der Waals surface area contributed by atoms with Gasteiger partial charge in [-0.1, -0.05) is 33.6 Å². The molecule has 21 heavy (non-hydrogen) atoms. The van der Waals surface area contributed by atoms with Gasteiger partial charge < -0.3 is 10.2 Å². The lowest BCUT2D eigenvalue weighted by Gasteiger charge is -2.42. The molecular formula is C18H32N2O. The summed E-state index contributed by atoms with van der Waals surface area (Å²) in [6.07, 6.45) is 8.18. The van der Waals surface area contributed by atoms with E-state index < -0.39 is 0 Å². The number of hydrogen-bond acceptors (Lipinski definition) is 3. The first-order valence-electron chi connectivity index (χ1n) is 8.59. The van der Waals surface area contributed by atoms with Crippen molar-refractivity contribution in [1.82, 2.24) is 4.90 Å². The van der Waals surface area contributed by atoms with Gasteiger partial charge in [0.05, 0.1) is 12.8 Å². The van der Waals surface area contributed by atoms with Crippen LogP contribution in [0.5, 0.6) is 0 Å². The average Bonchev–Trinajstić information content (AvgIpc) is 2.89. The maximum atomic E-state index is 6.26. The Hall–Kier alpha value is -0.800. The first-order valence-corrected chi connectivity index (χ1v) is 8.59. The normalized spacial score (nSPS) is 27.2. The van der Waals surface area contributed by atoms with Crippen LogP contribution in [-0.2, 0) is 6.54 Å². The highest BCUT2D eigenvalue weighted by atomic mass is 16.3. The van der Waals surface area contributed by atoms with Crippen LogP contribution < -0.4 is 5.73 Å². The first kappa shape index (κ1) is 16.6. The van der Waals surface area contributed by atoms with Gasteiger partial charge in [0.2, 0.25) is 0 Å². The fraction of sp³-hybridized carbons (Fsp3) is 0.778. The minimum atomic E-state index is 0.158. The van der Waals surface area contributed by atoms with Crippen LogP contribution in [-0.4, -0.2) is 23.5 Å². The molecular weight excluding hydrogens is 260 g/mol. The highest BCUT2D eigenvalue weighted by molar-refractivity contribution is 5.02. The van der Waals surface area contributed by atoms with E-state index in [0.29, 0.717) is 0 Å². The Balaban J connectivity index is 2.10. The molecule has 1 heterocycles. The largest absolute Gasteiger partial charge is 0.468 e. The second kappa shape index (κ2) is 7.46. The Morgan fingerprint density at radius 2 is 2.19 bits per heavy atom. The lowest BCUT2D eigenvalue weighted by molar-refractivity contribution is 0.0671. The zero-order valence-electron chi connectivity index (χ0n) is 14.0. The van der Waals surface area contributed by atoms with Gasteiger partial charge in [0.25, 0.3) is 0 Å². The molecule has 0 spiro atoms. The molecule has 3 nitrogen and oxygen atoms in total. The van der Waals surface area contributed by atoms with Gasteiger partial charge in [-0.25, -0.2) is 0 Å². The molecule has 1 saturated carbocycles. The molecule has 0 radical (unpaired) electrons. The summed E-state index contributed by atoms with van der Waals surface area (Å²) in [6, 6.07) is 4.04. The average molecular weight is 292 g/mol. The molecule has 2 rings (SSSR count). The molecule has 3 heteroatoms. The second-order valence-electron chi connectivity index (χ2n) is 6.96. The van der Waals surface area contributed by atoms with E-state index in [1.807, 2.05) is 6.07 Å². The summed E-state index contributed by atoms with van der Waals surface area (Å²) in [6.45, 7) is 9.63. The Morgan fingerprint density at radius 3 is 2.76 bits per heavy atom. The summed E-state index contributed by atoms with van der Waals surface area (Å²) < 4.78 is 5.55. The summed E-state index contributed by atoms with van der Waals surface area (Å²) >= 11 is 0.